The van der Waals surface area contributed by atoms with Crippen LogP contribution < -0.4 is 29.6 Å². The fraction of sp³-hybridized carbons (Fsp3) is 0.800. The third-order valence-electron chi connectivity index (χ3n) is 0.852. The van der Waals surface area contributed by atoms with E-state index in [0.717, 1.165) is 11.8 Å². The molecule has 0 aliphatic rings. The first-order chi connectivity index (χ1) is 4.92. The topological polar surface area (TPSA) is 71.4 Å². The molecular weight excluding hydrogens is 211 g/mol. The van der Waals surface area contributed by atoms with E-state index in [9.17, 15) is 13.2 Å². The van der Waals surface area contributed by atoms with Crippen LogP contribution >= 0.6 is 11.8 Å². The van der Waals surface area contributed by atoms with E-state index in [0.29, 0.717) is 12.2 Å². The van der Waals surface area contributed by atoms with Gasteiger partial charge in [-0.3, -0.25) is 9.35 Å². The molecule has 0 aromatic carbocycles. The van der Waals surface area contributed by atoms with E-state index in [4.69, 9.17) is 4.55 Å². The van der Waals surface area contributed by atoms with Crippen molar-refractivity contribution in [2.24, 2.45) is 0 Å². The van der Waals surface area contributed by atoms with Crippen LogP contribution in [-0.4, -0.2) is 29.6 Å². The predicted octanol–water partition coefficient (Wildman–Crippen LogP) is -2.34. The van der Waals surface area contributed by atoms with Crippen molar-refractivity contribution in [1.29, 1.82) is 0 Å². The van der Waals surface area contributed by atoms with Crippen molar-refractivity contribution in [1.82, 2.24) is 0 Å². The van der Waals surface area contributed by atoms with Crippen LogP contribution in [0.3, 0.4) is 0 Å². The SMILES string of the molecule is CC(=O)SCCCS(=O)(=O)O.[H-].[Na+]. The molecule has 0 atom stereocenters. The Labute approximate surface area is 100 Å². The molecule has 0 heterocycles. The molecule has 68 valence electrons. The van der Waals surface area contributed by atoms with Crippen molar-refractivity contribution in [3.8, 4) is 0 Å². The van der Waals surface area contributed by atoms with Gasteiger partial charge in [0.1, 0.15) is 0 Å². The van der Waals surface area contributed by atoms with E-state index < -0.39 is 10.1 Å². The van der Waals surface area contributed by atoms with E-state index >= 15 is 0 Å². The molecule has 0 fully saturated rings. The Morgan fingerprint density at radius 1 is 1.58 bits per heavy atom. The Hall–Kier alpha value is 0.930. The summed E-state index contributed by atoms with van der Waals surface area (Å²) >= 11 is 1.06. The zero-order valence-corrected chi connectivity index (χ0v) is 10.7. The molecule has 0 aromatic heterocycles. The van der Waals surface area contributed by atoms with Gasteiger partial charge in [0, 0.05) is 12.7 Å². The Morgan fingerprint density at radius 3 is 2.42 bits per heavy atom. The van der Waals surface area contributed by atoms with Crippen LogP contribution in [0.25, 0.3) is 0 Å². The third kappa shape index (κ3) is 13.5. The fourth-order valence-corrected chi connectivity index (χ4v) is 1.73. The van der Waals surface area contributed by atoms with E-state index in [1.165, 1.54) is 6.92 Å². The number of carbonyl (C=O) groups excluding carboxylic acids is 1. The van der Waals surface area contributed by atoms with Gasteiger partial charge < -0.3 is 1.43 Å². The first-order valence-corrected chi connectivity index (χ1v) is 5.60. The molecular formula is C5H11NaO4S2. The van der Waals surface area contributed by atoms with Gasteiger partial charge in [-0.05, 0) is 6.42 Å². The standard InChI is InChI=1S/C5H10O4S2.Na.H/c1-5(6)10-3-2-4-11(7,8)9;;/h2-4H2,1H3,(H,7,8,9);;/q;+1;-1. The van der Waals surface area contributed by atoms with Crippen LogP contribution in [0.1, 0.15) is 14.8 Å². The number of hydrogen-bond acceptors (Lipinski definition) is 4. The van der Waals surface area contributed by atoms with Gasteiger partial charge in [0.05, 0.1) is 5.75 Å². The summed E-state index contributed by atoms with van der Waals surface area (Å²) in [6.07, 6.45) is 0.309. The predicted molar refractivity (Wildman–Crippen MR) is 45.3 cm³/mol. The molecule has 1 N–H and O–H groups in total. The molecule has 4 nitrogen and oxygen atoms in total. The monoisotopic (exact) mass is 222 g/mol. The Balaban J connectivity index is -0.000000500. The van der Waals surface area contributed by atoms with Crippen molar-refractivity contribution in [3.05, 3.63) is 0 Å². The van der Waals surface area contributed by atoms with E-state index in [1.54, 1.807) is 0 Å². The van der Waals surface area contributed by atoms with E-state index in [2.05, 4.69) is 0 Å². The smallest absolute Gasteiger partial charge is 1.00 e. The van der Waals surface area contributed by atoms with Crippen LogP contribution in [0.4, 0.5) is 0 Å². The maximum absolute atomic E-state index is 10.3. The molecule has 0 saturated heterocycles. The minimum atomic E-state index is -3.85. The molecule has 0 aliphatic heterocycles. The van der Waals surface area contributed by atoms with Crippen molar-refractivity contribution in [3.63, 3.8) is 0 Å². The molecule has 12 heavy (non-hydrogen) atoms. The molecule has 0 unspecified atom stereocenters. The van der Waals surface area contributed by atoms with Crippen molar-refractivity contribution >= 4 is 27.0 Å². The molecule has 0 amide bonds. The Morgan fingerprint density at radius 2 is 2.08 bits per heavy atom. The summed E-state index contributed by atoms with van der Waals surface area (Å²) in [6, 6.07) is 0. The van der Waals surface area contributed by atoms with Gasteiger partial charge in [-0.15, -0.1) is 0 Å². The number of thioether (sulfide) groups is 1. The molecule has 0 aliphatic carbocycles. The molecule has 0 bridgehead atoms. The minimum Gasteiger partial charge on any atom is -1.00 e. The van der Waals surface area contributed by atoms with Gasteiger partial charge >= 0.3 is 29.6 Å². The van der Waals surface area contributed by atoms with Crippen molar-refractivity contribution in [2.45, 2.75) is 13.3 Å². The summed E-state index contributed by atoms with van der Waals surface area (Å²) in [7, 11) is -3.85. The molecule has 7 heteroatoms. The summed E-state index contributed by atoms with van der Waals surface area (Å²) in [4.78, 5) is 10.3. The average molecular weight is 222 g/mol. The maximum atomic E-state index is 10.3. The zero-order valence-electron chi connectivity index (χ0n) is 8.11. The molecule has 0 spiro atoms. The van der Waals surface area contributed by atoms with Crippen molar-refractivity contribution in [2.75, 3.05) is 11.5 Å². The third-order valence-corrected chi connectivity index (χ3v) is 2.56. The Bertz CT molecular complexity index is 229. The van der Waals surface area contributed by atoms with Gasteiger partial charge in [0.25, 0.3) is 10.1 Å². The number of hydrogen-bond donors (Lipinski definition) is 1. The second-order valence-electron chi connectivity index (χ2n) is 1.98. The summed E-state index contributed by atoms with van der Waals surface area (Å²) < 4.78 is 28.5. The summed E-state index contributed by atoms with van der Waals surface area (Å²) in [5.74, 6) is 0.169. The molecule has 0 rings (SSSR count). The zero-order chi connectivity index (χ0) is 8.91. The normalized spacial score (nSPS) is 10.5. The second-order valence-corrected chi connectivity index (χ2v) is 4.82. The summed E-state index contributed by atoms with van der Waals surface area (Å²) in [6.45, 7) is 1.41. The fourth-order valence-electron chi connectivity index (χ4n) is 0.457. The van der Waals surface area contributed by atoms with Gasteiger partial charge in [-0.1, -0.05) is 11.8 Å². The maximum Gasteiger partial charge on any atom is 1.00 e. The number of rotatable bonds is 4. The van der Waals surface area contributed by atoms with Crippen LogP contribution in [-0.2, 0) is 14.9 Å². The van der Waals surface area contributed by atoms with Crippen LogP contribution in [0, 0.1) is 0 Å². The van der Waals surface area contributed by atoms with Gasteiger partial charge in [0.2, 0.25) is 0 Å². The number of carbonyl (C=O) groups is 1. The molecule has 0 saturated carbocycles. The van der Waals surface area contributed by atoms with Crippen LogP contribution in [0.5, 0.6) is 0 Å². The van der Waals surface area contributed by atoms with Crippen molar-refractivity contribution < 1.29 is 48.7 Å². The van der Waals surface area contributed by atoms with Crippen LogP contribution in [0.2, 0.25) is 0 Å². The summed E-state index contributed by atoms with van der Waals surface area (Å²) in [5.41, 5.74) is 0. The summed E-state index contributed by atoms with van der Waals surface area (Å²) in [5, 5.41) is -0.0414. The van der Waals surface area contributed by atoms with E-state index in [-0.39, 0.29) is 41.9 Å². The van der Waals surface area contributed by atoms with Crippen LogP contribution in [0.15, 0.2) is 0 Å². The first kappa shape index (κ1) is 15.4. The first-order valence-electron chi connectivity index (χ1n) is 3.00. The average Bonchev–Trinajstić information content (AvgIpc) is 1.78. The quantitative estimate of drug-likeness (QED) is 0.328. The Kier molecular flexibility index (Phi) is 9.43. The van der Waals surface area contributed by atoms with E-state index in [1.807, 2.05) is 0 Å². The molecule has 0 radical (unpaired) electrons. The van der Waals surface area contributed by atoms with Gasteiger partial charge in [-0.2, -0.15) is 8.42 Å². The van der Waals surface area contributed by atoms with Gasteiger partial charge in [0.15, 0.2) is 5.12 Å². The second kappa shape index (κ2) is 7.34. The molecule has 0 aromatic rings. The minimum absolute atomic E-state index is 0. The largest absolute Gasteiger partial charge is 1.00 e. The van der Waals surface area contributed by atoms with Gasteiger partial charge in [-0.25, -0.2) is 0 Å².